The lowest BCUT2D eigenvalue weighted by Gasteiger charge is -2.44. The molecule has 0 fully saturated rings. The standard InChI is InChI=1S/C11H25N3Si/c1-11(2)9-10-15(12(3)4,13(5)6)14(7)8/h9-10H,1H2,2-8H3/b10-9+. The molecular formula is C11H25N3Si. The Morgan fingerprint density at radius 3 is 1.47 bits per heavy atom. The Balaban J connectivity index is 5.23. The molecule has 0 saturated carbocycles. The zero-order valence-electron chi connectivity index (χ0n) is 11.2. The molecule has 0 atom stereocenters. The Labute approximate surface area is 95.9 Å². The smallest absolute Gasteiger partial charge is 0.302 e. The van der Waals surface area contributed by atoms with Gasteiger partial charge in [0, 0.05) is 0 Å². The number of rotatable bonds is 5. The summed E-state index contributed by atoms with van der Waals surface area (Å²) in [7, 11) is 11.0. The highest BCUT2D eigenvalue weighted by atomic mass is 28.4. The van der Waals surface area contributed by atoms with Crippen molar-refractivity contribution in [3.8, 4) is 0 Å². The monoisotopic (exact) mass is 227 g/mol. The van der Waals surface area contributed by atoms with Crippen LogP contribution in [0.25, 0.3) is 0 Å². The highest BCUT2D eigenvalue weighted by Crippen LogP contribution is 2.14. The van der Waals surface area contributed by atoms with Crippen molar-refractivity contribution in [3.63, 3.8) is 0 Å². The predicted molar refractivity (Wildman–Crippen MR) is 70.8 cm³/mol. The number of nitrogens with zero attached hydrogens (tertiary/aromatic N) is 3. The molecule has 0 aromatic rings. The number of hydrogen-bond acceptors (Lipinski definition) is 3. The molecule has 0 N–H and O–H groups in total. The molecule has 0 aromatic carbocycles. The second kappa shape index (κ2) is 5.60. The highest BCUT2D eigenvalue weighted by Gasteiger charge is 2.39. The zero-order chi connectivity index (χ0) is 12.2. The third-order valence-electron chi connectivity index (χ3n) is 2.57. The van der Waals surface area contributed by atoms with Gasteiger partial charge in [0.1, 0.15) is 0 Å². The quantitative estimate of drug-likeness (QED) is 0.517. The van der Waals surface area contributed by atoms with Gasteiger partial charge in [-0.05, 0) is 49.2 Å². The van der Waals surface area contributed by atoms with E-state index in [0.29, 0.717) is 0 Å². The van der Waals surface area contributed by atoms with Crippen molar-refractivity contribution in [1.82, 2.24) is 13.7 Å². The summed E-state index contributed by atoms with van der Waals surface area (Å²) in [4.78, 5) is 0. The molecule has 88 valence electrons. The van der Waals surface area contributed by atoms with Crippen LogP contribution >= 0.6 is 0 Å². The van der Waals surface area contributed by atoms with E-state index in [1.54, 1.807) is 0 Å². The van der Waals surface area contributed by atoms with Crippen molar-refractivity contribution >= 4 is 8.56 Å². The Bertz CT molecular complexity index is 222. The zero-order valence-corrected chi connectivity index (χ0v) is 12.2. The van der Waals surface area contributed by atoms with Crippen LogP contribution in [0.5, 0.6) is 0 Å². The average molecular weight is 227 g/mol. The highest BCUT2D eigenvalue weighted by molar-refractivity contribution is 6.76. The van der Waals surface area contributed by atoms with E-state index in [1.807, 2.05) is 6.92 Å². The topological polar surface area (TPSA) is 9.72 Å². The first-order valence-corrected chi connectivity index (χ1v) is 7.04. The van der Waals surface area contributed by atoms with Gasteiger partial charge < -0.3 is 13.7 Å². The SMILES string of the molecule is C=C(C)/C=C/[Si](N(C)C)(N(C)C)N(C)C. The van der Waals surface area contributed by atoms with Gasteiger partial charge in [-0.3, -0.25) is 0 Å². The van der Waals surface area contributed by atoms with Gasteiger partial charge in [0.05, 0.1) is 0 Å². The van der Waals surface area contributed by atoms with E-state index in [9.17, 15) is 0 Å². The molecule has 0 unspecified atom stereocenters. The Kier molecular flexibility index (Phi) is 5.45. The van der Waals surface area contributed by atoms with E-state index in [1.165, 1.54) is 0 Å². The molecule has 0 aliphatic rings. The van der Waals surface area contributed by atoms with Crippen LogP contribution in [0.3, 0.4) is 0 Å². The molecule has 0 bridgehead atoms. The molecule has 0 aromatic heterocycles. The lowest BCUT2D eigenvalue weighted by atomic mass is 10.4. The van der Waals surface area contributed by atoms with Crippen LogP contribution in [-0.2, 0) is 0 Å². The van der Waals surface area contributed by atoms with Crippen LogP contribution < -0.4 is 0 Å². The summed E-state index contributed by atoms with van der Waals surface area (Å²) in [6.45, 7) is 5.94. The molecule has 0 aliphatic carbocycles. The molecule has 0 spiro atoms. The normalized spacial score (nSPS) is 13.5. The van der Waals surface area contributed by atoms with Gasteiger partial charge in [-0.1, -0.05) is 23.9 Å². The van der Waals surface area contributed by atoms with Crippen LogP contribution in [0.4, 0.5) is 0 Å². The summed E-state index contributed by atoms with van der Waals surface area (Å²) >= 11 is 0. The van der Waals surface area contributed by atoms with Gasteiger partial charge in [0.15, 0.2) is 0 Å². The minimum atomic E-state index is -1.83. The summed E-state index contributed by atoms with van der Waals surface area (Å²) in [5.41, 5.74) is 3.40. The maximum atomic E-state index is 3.92. The summed E-state index contributed by atoms with van der Waals surface area (Å²) in [5.74, 6) is 0. The third kappa shape index (κ3) is 3.27. The molecule has 4 heteroatoms. The van der Waals surface area contributed by atoms with E-state index in [4.69, 9.17) is 0 Å². The first-order chi connectivity index (χ1) is 6.75. The van der Waals surface area contributed by atoms with Gasteiger partial charge >= 0.3 is 8.56 Å². The van der Waals surface area contributed by atoms with Crippen molar-refractivity contribution in [2.75, 3.05) is 42.3 Å². The second-order valence-electron chi connectivity index (χ2n) is 4.55. The average Bonchev–Trinajstić information content (AvgIpc) is 2.02. The maximum absolute atomic E-state index is 3.92. The van der Waals surface area contributed by atoms with Crippen LogP contribution in [0, 0.1) is 0 Å². The van der Waals surface area contributed by atoms with E-state index in [-0.39, 0.29) is 0 Å². The first-order valence-electron chi connectivity index (χ1n) is 5.12. The molecule has 0 radical (unpaired) electrons. The molecule has 0 saturated heterocycles. The van der Waals surface area contributed by atoms with Crippen LogP contribution in [-0.4, -0.2) is 64.5 Å². The number of allylic oxidation sites excluding steroid dienone is 2. The molecule has 0 amide bonds. The van der Waals surface area contributed by atoms with E-state index >= 15 is 0 Å². The fourth-order valence-electron chi connectivity index (χ4n) is 1.90. The van der Waals surface area contributed by atoms with Gasteiger partial charge in [-0.15, -0.1) is 0 Å². The molecule has 0 rings (SSSR count). The van der Waals surface area contributed by atoms with Crippen LogP contribution in [0.2, 0.25) is 0 Å². The molecule has 0 heterocycles. The van der Waals surface area contributed by atoms with E-state index < -0.39 is 8.56 Å². The fourth-order valence-corrected chi connectivity index (χ4v) is 5.70. The fraction of sp³-hybridized carbons (Fsp3) is 0.636. The number of hydrogen-bond donors (Lipinski definition) is 0. The minimum Gasteiger partial charge on any atom is -0.302 e. The third-order valence-corrected chi connectivity index (χ3v) is 7.13. The Morgan fingerprint density at radius 2 is 1.27 bits per heavy atom. The van der Waals surface area contributed by atoms with Gasteiger partial charge in [-0.25, -0.2) is 0 Å². The summed E-state index contributed by atoms with van der Waals surface area (Å²) < 4.78 is 6.94. The lowest BCUT2D eigenvalue weighted by molar-refractivity contribution is 0.395. The van der Waals surface area contributed by atoms with Crippen molar-refractivity contribution < 1.29 is 0 Å². The van der Waals surface area contributed by atoms with Crippen LogP contribution in [0.1, 0.15) is 6.92 Å². The van der Waals surface area contributed by atoms with Crippen molar-refractivity contribution in [2.24, 2.45) is 0 Å². The van der Waals surface area contributed by atoms with Gasteiger partial charge in [-0.2, -0.15) is 0 Å². The van der Waals surface area contributed by atoms with Crippen LogP contribution in [0.15, 0.2) is 23.9 Å². The van der Waals surface area contributed by atoms with Gasteiger partial charge in [0.25, 0.3) is 0 Å². The van der Waals surface area contributed by atoms with E-state index in [2.05, 4.69) is 74.3 Å². The molecule has 0 aliphatic heterocycles. The van der Waals surface area contributed by atoms with Crippen molar-refractivity contribution in [3.05, 3.63) is 23.9 Å². The van der Waals surface area contributed by atoms with Crippen molar-refractivity contribution in [1.29, 1.82) is 0 Å². The summed E-state index contributed by atoms with van der Waals surface area (Å²) in [6, 6.07) is 0. The summed E-state index contributed by atoms with van der Waals surface area (Å²) in [6.07, 6.45) is 2.12. The van der Waals surface area contributed by atoms with E-state index in [0.717, 1.165) is 5.57 Å². The predicted octanol–water partition coefficient (Wildman–Crippen LogP) is 1.28. The van der Waals surface area contributed by atoms with Crippen molar-refractivity contribution in [2.45, 2.75) is 6.92 Å². The van der Waals surface area contributed by atoms with Gasteiger partial charge in [0.2, 0.25) is 0 Å². The Hall–Kier alpha value is -0.423. The minimum absolute atomic E-state index is 1.09. The molecule has 3 nitrogen and oxygen atoms in total. The largest absolute Gasteiger partial charge is 0.314 e. The summed E-state index contributed by atoms with van der Waals surface area (Å²) in [5, 5.41) is 0. The molecule has 15 heavy (non-hydrogen) atoms. The Morgan fingerprint density at radius 1 is 0.933 bits per heavy atom. The maximum Gasteiger partial charge on any atom is 0.314 e. The lowest BCUT2D eigenvalue weighted by Crippen LogP contribution is -2.68. The molecular weight excluding hydrogens is 202 g/mol. The second-order valence-corrected chi connectivity index (χ2v) is 8.94. The first kappa shape index (κ1) is 14.6.